The molecule has 1 aliphatic carbocycles. The Morgan fingerprint density at radius 2 is 1.68 bits per heavy atom. The maximum atomic E-state index is 12.2. The second-order valence-corrected chi connectivity index (χ2v) is 8.34. The number of nitrogens with zero attached hydrogens (tertiary/aromatic N) is 1. The van der Waals surface area contributed by atoms with Gasteiger partial charge in [-0.15, -0.1) is 0 Å². The molecule has 2 N–H and O–H groups in total. The molecule has 0 aromatic rings. The van der Waals surface area contributed by atoms with Gasteiger partial charge in [0.05, 0.1) is 0 Å². The lowest BCUT2D eigenvalue weighted by molar-refractivity contribution is 0.440. The number of hydrogen-bond acceptors (Lipinski definition) is 3. The molecule has 0 saturated heterocycles. The van der Waals surface area contributed by atoms with Gasteiger partial charge in [0.15, 0.2) is 0 Å². The molecule has 19 heavy (non-hydrogen) atoms. The summed E-state index contributed by atoms with van der Waals surface area (Å²) in [7, 11) is -1.74. The third kappa shape index (κ3) is 3.48. The fourth-order valence-electron chi connectivity index (χ4n) is 2.45. The summed E-state index contributed by atoms with van der Waals surface area (Å²) in [6, 6.07) is 0.0150. The molecule has 0 aliphatic heterocycles. The lowest BCUT2D eigenvalue weighted by atomic mass is 10.0. The molecule has 0 spiro atoms. The average Bonchev–Trinajstić information content (AvgIpc) is 2.66. The number of rotatable bonds is 8. The standard InChI is InChI=1S/C13H29N3O2S/c1-7-14-9-8-10-16(6)19(17,18)15-11-12(2,3)13(11,4)5/h11,14-15H,7-10H2,1-6H3. The lowest BCUT2D eigenvalue weighted by Gasteiger charge is -2.18. The molecule has 114 valence electrons. The topological polar surface area (TPSA) is 61.4 Å². The molecule has 0 radical (unpaired) electrons. The van der Waals surface area contributed by atoms with Gasteiger partial charge in [0, 0.05) is 19.6 Å². The molecular weight excluding hydrogens is 262 g/mol. The van der Waals surface area contributed by atoms with Crippen LogP contribution in [-0.4, -0.2) is 45.4 Å². The summed E-state index contributed by atoms with van der Waals surface area (Å²) in [5.74, 6) is 0. The van der Waals surface area contributed by atoms with Crippen LogP contribution in [0.2, 0.25) is 0 Å². The molecule has 0 heterocycles. The Morgan fingerprint density at radius 1 is 1.16 bits per heavy atom. The fraction of sp³-hybridized carbons (Fsp3) is 1.00. The molecule has 0 amide bonds. The fourth-order valence-corrected chi connectivity index (χ4v) is 3.89. The third-order valence-electron chi connectivity index (χ3n) is 4.77. The number of nitrogens with one attached hydrogen (secondary N) is 2. The van der Waals surface area contributed by atoms with E-state index in [9.17, 15) is 8.42 Å². The maximum absolute atomic E-state index is 12.2. The van der Waals surface area contributed by atoms with Crippen LogP contribution in [0.3, 0.4) is 0 Å². The van der Waals surface area contributed by atoms with E-state index in [-0.39, 0.29) is 16.9 Å². The monoisotopic (exact) mass is 291 g/mol. The maximum Gasteiger partial charge on any atom is 0.279 e. The van der Waals surface area contributed by atoms with Crippen molar-refractivity contribution < 1.29 is 8.42 Å². The highest BCUT2D eigenvalue weighted by Gasteiger charge is 2.66. The third-order valence-corrected chi connectivity index (χ3v) is 6.31. The predicted octanol–water partition coefficient (Wildman–Crippen LogP) is 1.19. The Balaban J connectivity index is 2.49. The molecular formula is C13H29N3O2S. The van der Waals surface area contributed by atoms with Crippen LogP contribution in [0.25, 0.3) is 0 Å². The van der Waals surface area contributed by atoms with E-state index in [0.717, 1.165) is 19.5 Å². The number of hydrogen-bond donors (Lipinski definition) is 2. The van der Waals surface area contributed by atoms with Crippen LogP contribution in [-0.2, 0) is 10.2 Å². The first kappa shape index (κ1) is 16.9. The van der Waals surface area contributed by atoms with Crippen LogP contribution >= 0.6 is 0 Å². The molecule has 0 aromatic heterocycles. The van der Waals surface area contributed by atoms with E-state index in [0.29, 0.717) is 6.54 Å². The first-order chi connectivity index (χ1) is 8.57. The SMILES string of the molecule is CCNCCCN(C)S(=O)(=O)NC1C(C)(C)C1(C)C. The van der Waals surface area contributed by atoms with E-state index in [4.69, 9.17) is 0 Å². The van der Waals surface area contributed by atoms with E-state index in [1.807, 2.05) is 6.92 Å². The molecule has 1 saturated carbocycles. The van der Waals surface area contributed by atoms with Gasteiger partial charge in [-0.25, -0.2) is 0 Å². The summed E-state index contributed by atoms with van der Waals surface area (Å²) >= 11 is 0. The van der Waals surface area contributed by atoms with E-state index in [2.05, 4.69) is 37.7 Å². The van der Waals surface area contributed by atoms with Gasteiger partial charge < -0.3 is 5.32 Å². The summed E-state index contributed by atoms with van der Waals surface area (Å²) in [4.78, 5) is 0. The zero-order valence-electron chi connectivity index (χ0n) is 13.1. The second-order valence-electron chi connectivity index (χ2n) is 6.53. The molecule has 6 heteroatoms. The van der Waals surface area contributed by atoms with Gasteiger partial charge in [0.25, 0.3) is 10.2 Å². The molecule has 0 bridgehead atoms. The first-order valence-electron chi connectivity index (χ1n) is 7.01. The molecule has 0 unspecified atom stereocenters. The van der Waals surface area contributed by atoms with Crippen molar-refractivity contribution in [2.45, 2.75) is 47.1 Å². The van der Waals surface area contributed by atoms with Gasteiger partial charge in [-0.05, 0) is 30.3 Å². The summed E-state index contributed by atoms with van der Waals surface area (Å²) in [6.45, 7) is 12.7. The van der Waals surface area contributed by atoms with Gasteiger partial charge in [-0.1, -0.05) is 34.6 Å². The molecule has 0 aromatic carbocycles. The minimum Gasteiger partial charge on any atom is -0.317 e. The van der Waals surface area contributed by atoms with Crippen LogP contribution in [0.15, 0.2) is 0 Å². The Hall–Kier alpha value is -0.170. The van der Waals surface area contributed by atoms with Crippen LogP contribution in [0.4, 0.5) is 0 Å². The summed E-state index contributed by atoms with van der Waals surface area (Å²) in [5.41, 5.74) is 0.0371. The minimum absolute atomic E-state index is 0.0150. The van der Waals surface area contributed by atoms with E-state index in [1.54, 1.807) is 7.05 Å². The van der Waals surface area contributed by atoms with Crippen LogP contribution in [0.5, 0.6) is 0 Å². The quantitative estimate of drug-likeness (QED) is 0.660. The normalized spacial score (nSPS) is 21.8. The summed E-state index contributed by atoms with van der Waals surface area (Å²) in [6.07, 6.45) is 0.822. The van der Waals surface area contributed by atoms with Crippen molar-refractivity contribution in [3.8, 4) is 0 Å². The van der Waals surface area contributed by atoms with Crippen molar-refractivity contribution in [3.05, 3.63) is 0 Å². The Kier molecular flexibility index (Phi) is 5.04. The Morgan fingerprint density at radius 3 is 2.11 bits per heavy atom. The lowest BCUT2D eigenvalue weighted by Crippen LogP contribution is -2.42. The van der Waals surface area contributed by atoms with Crippen molar-refractivity contribution in [2.24, 2.45) is 10.8 Å². The van der Waals surface area contributed by atoms with Crippen LogP contribution < -0.4 is 10.0 Å². The molecule has 1 fully saturated rings. The van der Waals surface area contributed by atoms with E-state index >= 15 is 0 Å². The van der Waals surface area contributed by atoms with Gasteiger partial charge in [0.2, 0.25) is 0 Å². The zero-order chi connectivity index (χ0) is 14.9. The van der Waals surface area contributed by atoms with Crippen molar-refractivity contribution in [2.75, 3.05) is 26.7 Å². The highest BCUT2D eigenvalue weighted by Crippen LogP contribution is 2.62. The minimum atomic E-state index is -3.37. The Bertz CT molecular complexity index is 390. The van der Waals surface area contributed by atoms with Crippen molar-refractivity contribution >= 4 is 10.2 Å². The highest BCUT2D eigenvalue weighted by atomic mass is 32.2. The van der Waals surface area contributed by atoms with Gasteiger partial charge in [0.1, 0.15) is 0 Å². The molecule has 1 aliphatic rings. The summed E-state index contributed by atoms with van der Waals surface area (Å²) < 4.78 is 28.7. The van der Waals surface area contributed by atoms with Crippen molar-refractivity contribution in [1.82, 2.24) is 14.3 Å². The first-order valence-corrected chi connectivity index (χ1v) is 8.45. The van der Waals surface area contributed by atoms with E-state index < -0.39 is 10.2 Å². The van der Waals surface area contributed by atoms with Gasteiger partial charge in [-0.3, -0.25) is 0 Å². The highest BCUT2D eigenvalue weighted by molar-refractivity contribution is 7.87. The molecule has 5 nitrogen and oxygen atoms in total. The summed E-state index contributed by atoms with van der Waals surface area (Å²) in [5, 5.41) is 3.19. The molecule has 1 rings (SSSR count). The smallest absolute Gasteiger partial charge is 0.279 e. The zero-order valence-corrected chi connectivity index (χ0v) is 13.9. The second kappa shape index (κ2) is 5.68. The van der Waals surface area contributed by atoms with Crippen LogP contribution in [0.1, 0.15) is 41.0 Å². The predicted molar refractivity (Wildman–Crippen MR) is 79.2 cm³/mol. The Labute approximate surface area is 118 Å². The molecule has 0 atom stereocenters. The average molecular weight is 291 g/mol. The van der Waals surface area contributed by atoms with Gasteiger partial charge >= 0.3 is 0 Å². The van der Waals surface area contributed by atoms with Gasteiger partial charge in [-0.2, -0.15) is 17.4 Å². The van der Waals surface area contributed by atoms with Crippen molar-refractivity contribution in [1.29, 1.82) is 0 Å². The van der Waals surface area contributed by atoms with Crippen LogP contribution in [0, 0.1) is 10.8 Å². The van der Waals surface area contributed by atoms with Crippen molar-refractivity contribution in [3.63, 3.8) is 0 Å². The van der Waals surface area contributed by atoms with E-state index in [1.165, 1.54) is 4.31 Å². The largest absolute Gasteiger partial charge is 0.317 e.